The molecular weight excluding hydrogens is 335 g/mol. The first kappa shape index (κ1) is 12.9. The van der Waals surface area contributed by atoms with Gasteiger partial charge >= 0.3 is 0 Å². The minimum absolute atomic E-state index is 0.296. The molecule has 1 aromatic rings. The van der Waals surface area contributed by atoms with E-state index < -0.39 is 33.9 Å². The Morgan fingerprint density at radius 1 is 1.50 bits per heavy atom. The number of ketones is 1. The highest BCUT2D eigenvalue weighted by Crippen LogP contribution is 2.32. The normalized spacial score (nSPS) is 10.6. The average Bonchev–Trinajstić information content (AvgIpc) is 2.15. The number of halogens is 3. The van der Waals surface area contributed by atoms with Gasteiger partial charge in [-0.3, -0.25) is 14.9 Å². The van der Waals surface area contributed by atoms with Crippen LogP contribution in [0.5, 0.6) is 0 Å². The maximum Gasteiger partial charge on any atom is 0.281 e. The Morgan fingerprint density at radius 3 is 2.44 bits per heavy atom. The van der Waals surface area contributed by atoms with Gasteiger partial charge in [-0.05, 0) is 35.6 Å². The number of nitro benzene ring substituents is 1. The van der Waals surface area contributed by atoms with Gasteiger partial charge in [-0.2, -0.15) is 0 Å². The van der Waals surface area contributed by atoms with Gasteiger partial charge in [0.15, 0.2) is 5.78 Å². The van der Waals surface area contributed by atoms with Crippen LogP contribution in [-0.4, -0.2) is 10.7 Å². The number of Topliss-reactive ketones (excluding diaryl/α,β-unsaturated/α-hetero) is 1. The molecule has 7 heteroatoms. The molecule has 0 saturated carbocycles. The van der Waals surface area contributed by atoms with Crippen LogP contribution in [0, 0.1) is 13.7 Å². The number of carbonyl (C=O) groups excluding carboxylic acids is 1. The molecule has 0 N–H and O–H groups in total. The molecule has 0 aliphatic carbocycles. The topological polar surface area (TPSA) is 60.2 Å². The van der Waals surface area contributed by atoms with Gasteiger partial charge in [0.25, 0.3) is 12.1 Å². The molecule has 1 aromatic carbocycles. The number of rotatable bonds is 3. The second-order valence-corrected chi connectivity index (χ2v) is 4.25. The van der Waals surface area contributed by atoms with E-state index in [-0.39, 0.29) is 0 Å². The average molecular weight is 341 g/mol. The van der Waals surface area contributed by atoms with Crippen molar-refractivity contribution in [2.24, 2.45) is 0 Å². The fourth-order valence-corrected chi connectivity index (χ4v) is 1.94. The number of benzene rings is 1. The lowest BCUT2D eigenvalue weighted by atomic mass is 10.0. The summed E-state index contributed by atoms with van der Waals surface area (Å²) in [6, 6.07) is 2.18. The molecule has 16 heavy (non-hydrogen) atoms. The molecule has 0 heterocycles. The van der Waals surface area contributed by atoms with Crippen molar-refractivity contribution in [1.29, 1.82) is 0 Å². The lowest BCUT2D eigenvalue weighted by molar-refractivity contribution is -0.385. The van der Waals surface area contributed by atoms with E-state index in [1.54, 1.807) is 22.6 Å². The zero-order chi connectivity index (χ0) is 12.5. The van der Waals surface area contributed by atoms with E-state index in [1.165, 1.54) is 0 Å². The molecule has 0 amide bonds. The largest absolute Gasteiger partial charge is 0.294 e. The van der Waals surface area contributed by atoms with E-state index in [1.807, 2.05) is 0 Å². The third kappa shape index (κ3) is 2.52. The van der Waals surface area contributed by atoms with Crippen LogP contribution in [0.3, 0.4) is 0 Å². The summed E-state index contributed by atoms with van der Waals surface area (Å²) in [5, 5.41) is 10.7. The number of nitrogens with zero attached hydrogens (tertiary/aromatic N) is 1. The molecule has 0 spiro atoms. The zero-order valence-electron chi connectivity index (χ0n) is 8.04. The van der Waals surface area contributed by atoms with Crippen LogP contribution in [0.25, 0.3) is 0 Å². The highest BCUT2D eigenvalue weighted by molar-refractivity contribution is 14.1. The van der Waals surface area contributed by atoms with Gasteiger partial charge in [0.05, 0.1) is 4.92 Å². The lowest BCUT2D eigenvalue weighted by Crippen LogP contribution is -2.06. The zero-order valence-corrected chi connectivity index (χ0v) is 10.2. The van der Waals surface area contributed by atoms with Crippen LogP contribution in [0.4, 0.5) is 14.5 Å². The van der Waals surface area contributed by atoms with E-state index in [4.69, 9.17) is 0 Å². The molecule has 0 atom stereocenters. The molecule has 4 nitrogen and oxygen atoms in total. The number of alkyl halides is 2. The summed E-state index contributed by atoms with van der Waals surface area (Å²) < 4.78 is 25.6. The first-order chi connectivity index (χ1) is 7.34. The van der Waals surface area contributed by atoms with Crippen molar-refractivity contribution in [2.75, 3.05) is 0 Å². The summed E-state index contributed by atoms with van der Waals surface area (Å²) >= 11 is 1.69. The summed E-state index contributed by atoms with van der Waals surface area (Å²) in [5.74, 6) is -0.738. The molecule has 0 aliphatic heterocycles. The smallest absolute Gasteiger partial charge is 0.281 e. The van der Waals surface area contributed by atoms with Crippen LogP contribution in [-0.2, 0) is 0 Å². The number of nitro groups is 1. The van der Waals surface area contributed by atoms with Gasteiger partial charge in [-0.1, -0.05) is 0 Å². The van der Waals surface area contributed by atoms with Crippen LogP contribution in [0.1, 0.15) is 29.3 Å². The van der Waals surface area contributed by atoms with Crippen molar-refractivity contribution in [3.63, 3.8) is 0 Å². The predicted octanol–water partition coefficient (Wildman–Crippen LogP) is 3.34. The van der Waals surface area contributed by atoms with Crippen molar-refractivity contribution < 1.29 is 18.5 Å². The number of hydrogen-bond donors (Lipinski definition) is 0. The summed E-state index contributed by atoms with van der Waals surface area (Å²) in [6.07, 6.45) is -2.91. The Kier molecular flexibility index (Phi) is 3.89. The number of carbonyl (C=O) groups is 1. The SMILES string of the molecule is CC(=O)c1c(C(F)F)cc(I)cc1[N+](=O)[O-]. The van der Waals surface area contributed by atoms with Crippen LogP contribution in [0.15, 0.2) is 12.1 Å². The third-order valence-corrected chi connectivity index (χ3v) is 2.52. The fraction of sp³-hybridized carbons (Fsp3) is 0.222. The third-order valence-electron chi connectivity index (χ3n) is 1.90. The second-order valence-electron chi connectivity index (χ2n) is 3.00. The monoisotopic (exact) mass is 341 g/mol. The van der Waals surface area contributed by atoms with Crippen molar-refractivity contribution in [3.05, 3.63) is 36.9 Å². The number of hydrogen-bond acceptors (Lipinski definition) is 3. The summed E-state index contributed by atoms with van der Waals surface area (Å²) in [6.45, 7) is 1.03. The Labute approximate surface area is 103 Å². The van der Waals surface area contributed by atoms with Gasteiger partial charge in [0, 0.05) is 15.2 Å². The predicted molar refractivity (Wildman–Crippen MR) is 60.8 cm³/mol. The van der Waals surface area contributed by atoms with E-state index in [9.17, 15) is 23.7 Å². The molecule has 1 rings (SSSR count). The first-order valence-corrected chi connectivity index (χ1v) is 5.19. The molecular formula is C9H6F2INO3. The maximum atomic E-state index is 12.6. The van der Waals surface area contributed by atoms with Gasteiger partial charge < -0.3 is 0 Å². The van der Waals surface area contributed by atoms with Crippen LogP contribution in [0.2, 0.25) is 0 Å². The molecule has 0 fully saturated rings. The van der Waals surface area contributed by atoms with E-state index in [0.717, 1.165) is 19.1 Å². The van der Waals surface area contributed by atoms with Gasteiger partial charge in [0.1, 0.15) is 5.56 Å². The summed E-state index contributed by atoms with van der Waals surface area (Å²) in [5.41, 5.74) is -1.68. The Balaban J connectivity index is 3.60. The Bertz CT molecular complexity index is 462. The molecule has 0 bridgehead atoms. The van der Waals surface area contributed by atoms with Gasteiger partial charge in [-0.25, -0.2) is 8.78 Å². The first-order valence-electron chi connectivity index (χ1n) is 4.11. The standard InChI is InChI=1S/C9H6F2INO3/c1-4(14)8-6(9(10)11)2-5(12)3-7(8)13(15)16/h2-3,9H,1H3. The van der Waals surface area contributed by atoms with Crippen molar-refractivity contribution in [2.45, 2.75) is 13.3 Å². The summed E-state index contributed by atoms with van der Waals surface area (Å²) in [4.78, 5) is 21.0. The van der Waals surface area contributed by atoms with Crippen molar-refractivity contribution >= 4 is 34.1 Å². The van der Waals surface area contributed by atoms with E-state index in [2.05, 4.69) is 0 Å². The van der Waals surface area contributed by atoms with Crippen LogP contribution < -0.4 is 0 Å². The highest BCUT2D eigenvalue weighted by atomic mass is 127. The lowest BCUT2D eigenvalue weighted by Gasteiger charge is -2.07. The second kappa shape index (κ2) is 4.81. The minimum Gasteiger partial charge on any atom is -0.294 e. The maximum absolute atomic E-state index is 12.6. The quantitative estimate of drug-likeness (QED) is 0.367. The fourth-order valence-electron chi connectivity index (χ4n) is 1.31. The van der Waals surface area contributed by atoms with Gasteiger partial charge in [0.2, 0.25) is 0 Å². The molecule has 0 aliphatic rings. The van der Waals surface area contributed by atoms with E-state index in [0.29, 0.717) is 3.57 Å². The van der Waals surface area contributed by atoms with Crippen LogP contribution >= 0.6 is 22.6 Å². The Morgan fingerprint density at radius 2 is 2.06 bits per heavy atom. The van der Waals surface area contributed by atoms with Crippen molar-refractivity contribution in [1.82, 2.24) is 0 Å². The highest BCUT2D eigenvalue weighted by Gasteiger charge is 2.26. The molecule has 0 radical (unpaired) electrons. The molecule has 0 aromatic heterocycles. The van der Waals surface area contributed by atoms with Crippen molar-refractivity contribution in [3.8, 4) is 0 Å². The minimum atomic E-state index is -2.91. The molecule has 0 saturated heterocycles. The Hall–Kier alpha value is -1.12. The van der Waals surface area contributed by atoms with Gasteiger partial charge in [-0.15, -0.1) is 0 Å². The molecule has 86 valence electrons. The van der Waals surface area contributed by atoms with E-state index >= 15 is 0 Å². The molecule has 0 unspecified atom stereocenters. The summed E-state index contributed by atoms with van der Waals surface area (Å²) in [7, 11) is 0.